The van der Waals surface area contributed by atoms with Gasteiger partial charge in [-0.15, -0.1) is 0 Å². The molecule has 9 nitrogen and oxygen atoms in total. The first-order chi connectivity index (χ1) is 14.6. The van der Waals surface area contributed by atoms with Crippen LogP contribution in [0.3, 0.4) is 0 Å². The summed E-state index contributed by atoms with van der Waals surface area (Å²) in [4.78, 5) is 23.3. The summed E-state index contributed by atoms with van der Waals surface area (Å²) < 4.78 is 29.3. The van der Waals surface area contributed by atoms with Crippen LogP contribution in [0.2, 0.25) is 0 Å². The van der Waals surface area contributed by atoms with Crippen LogP contribution in [0.15, 0.2) is 30.3 Å². The molecule has 0 aliphatic carbocycles. The van der Waals surface area contributed by atoms with Gasteiger partial charge in [-0.1, -0.05) is 12.1 Å². The summed E-state index contributed by atoms with van der Waals surface area (Å²) in [5.74, 6) is 0.890. The molecular formula is C21H29N5O4S. The molecule has 0 unspecified atom stereocenters. The lowest BCUT2D eigenvalue weighted by Crippen LogP contribution is -2.44. The van der Waals surface area contributed by atoms with Crippen LogP contribution in [0.25, 0.3) is 11.4 Å². The summed E-state index contributed by atoms with van der Waals surface area (Å²) in [6.45, 7) is 7.61. The van der Waals surface area contributed by atoms with Crippen LogP contribution in [-0.2, 0) is 20.3 Å². The Hall–Kier alpha value is -2.72. The number of nitrogens with zero attached hydrogens (tertiary/aromatic N) is 3. The van der Waals surface area contributed by atoms with Crippen molar-refractivity contribution in [1.82, 2.24) is 15.3 Å². The van der Waals surface area contributed by atoms with Crippen molar-refractivity contribution in [1.29, 1.82) is 0 Å². The lowest BCUT2D eigenvalue weighted by Gasteiger charge is -2.34. The number of carbonyl (C=O) groups is 1. The predicted octanol–water partition coefficient (Wildman–Crippen LogP) is 2.44. The van der Waals surface area contributed by atoms with Gasteiger partial charge in [0.25, 0.3) is 0 Å². The van der Waals surface area contributed by atoms with E-state index in [2.05, 4.69) is 20.5 Å². The first-order valence-corrected chi connectivity index (χ1v) is 12.2. The normalized spacial score (nSPS) is 16.9. The zero-order valence-electron chi connectivity index (χ0n) is 18.3. The molecule has 1 aromatic heterocycles. The molecule has 2 aromatic rings. The van der Waals surface area contributed by atoms with Gasteiger partial charge in [0.15, 0.2) is 15.7 Å². The highest BCUT2D eigenvalue weighted by Gasteiger charge is 2.22. The largest absolute Gasteiger partial charge is 0.377 e. The lowest BCUT2D eigenvalue weighted by molar-refractivity contribution is 0.0985. The molecule has 1 aliphatic rings. The van der Waals surface area contributed by atoms with Crippen LogP contribution in [0.1, 0.15) is 26.5 Å². The number of benzene rings is 1. The maximum Gasteiger partial charge on any atom is 0.319 e. The number of sulfone groups is 1. The van der Waals surface area contributed by atoms with E-state index in [9.17, 15) is 13.2 Å². The second kappa shape index (κ2) is 9.61. The van der Waals surface area contributed by atoms with E-state index in [-0.39, 0.29) is 23.9 Å². The summed E-state index contributed by atoms with van der Waals surface area (Å²) in [6, 6.07) is 8.71. The van der Waals surface area contributed by atoms with E-state index < -0.39 is 9.84 Å². The second-order valence-electron chi connectivity index (χ2n) is 8.06. The monoisotopic (exact) mass is 447 g/mol. The third-order valence-electron chi connectivity index (χ3n) is 4.64. The van der Waals surface area contributed by atoms with Gasteiger partial charge in [-0.3, -0.25) is 0 Å². The molecule has 0 saturated carbocycles. The molecule has 2 amide bonds. The van der Waals surface area contributed by atoms with Crippen LogP contribution < -0.4 is 15.5 Å². The molecule has 1 aliphatic heterocycles. The van der Waals surface area contributed by atoms with Gasteiger partial charge in [0, 0.05) is 36.2 Å². The maximum absolute atomic E-state index is 12.0. The zero-order chi connectivity index (χ0) is 22.6. The average molecular weight is 448 g/mol. The summed E-state index contributed by atoms with van der Waals surface area (Å²) in [5, 5.41) is 5.57. The number of urea groups is 1. The van der Waals surface area contributed by atoms with Crippen molar-refractivity contribution in [2.24, 2.45) is 0 Å². The summed E-state index contributed by atoms with van der Waals surface area (Å²) in [7, 11) is -3.27. The summed E-state index contributed by atoms with van der Waals surface area (Å²) in [5.41, 5.74) is 1.70. The topological polar surface area (TPSA) is 114 Å². The van der Waals surface area contributed by atoms with Crippen LogP contribution in [0, 0.1) is 0 Å². The van der Waals surface area contributed by atoms with Gasteiger partial charge in [-0.2, -0.15) is 0 Å². The molecule has 1 atom stereocenters. The molecule has 2 heterocycles. The van der Waals surface area contributed by atoms with Gasteiger partial charge in [0.1, 0.15) is 5.82 Å². The van der Waals surface area contributed by atoms with E-state index in [0.717, 1.165) is 0 Å². The Balaban J connectivity index is 1.97. The first kappa shape index (κ1) is 23.0. The molecule has 2 N–H and O–H groups in total. The van der Waals surface area contributed by atoms with Crippen LogP contribution in [0.5, 0.6) is 0 Å². The predicted molar refractivity (Wildman–Crippen MR) is 121 cm³/mol. The summed E-state index contributed by atoms with van der Waals surface area (Å²) >= 11 is 0. The average Bonchev–Trinajstić information content (AvgIpc) is 2.66. The van der Waals surface area contributed by atoms with Gasteiger partial charge in [0.05, 0.1) is 30.7 Å². The molecule has 10 heteroatoms. The van der Waals surface area contributed by atoms with E-state index in [0.29, 0.717) is 48.3 Å². The second-order valence-corrected chi connectivity index (χ2v) is 10.2. The number of carbonyl (C=O) groups excluding carboxylic acids is 1. The minimum atomic E-state index is -3.27. The molecule has 0 bridgehead atoms. The molecule has 0 radical (unpaired) electrons. The number of morpholine rings is 1. The fourth-order valence-corrected chi connectivity index (χ4v) is 4.02. The Morgan fingerprint density at radius 2 is 2.06 bits per heavy atom. The van der Waals surface area contributed by atoms with Gasteiger partial charge in [-0.25, -0.2) is 23.2 Å². The number of amides is 2. The minimum Gasteiger partial charge on any atom is -0.377 e. The highest BCUT2D eigenvalue weighted by Crippen LogP contribution is 2.25. The molecule has 1 fully saturated rings. The van der Waals surface area contributed by atoms with Crippen molar-refractivity contribution < 1.29 is 17.9 Å². The van der Waals surface area contributed by atoms with Gasteiger partial charge in [0.2, 0.25) is 0 Å². The lowest BCUT2D eigenvalue weighted by atomic mass is 10.1. The van der Waals surface area contributed by atoms with Crippen molar-refractivity contribution in [3.63, 3.8) is 0 Å². The SMILES string of the molecule is CC(C)NC(=O)Nc1cccc(-c2nc(CS(C)(=O)=O)cc(N3CCOC[C@@H]3C)n2)c1. The highest BCUT2D eigenvalue weighted by atomic mass is 32.2. The Kier molecular flexibility index (Phi) is 7.11. The van der Waals surface area contributed by atoms with Crippen LogP contribution in [0.4, 0.5) is 16.3 Å². The van der Waals surface area contributed by atoms with E-state index in [1.54, 1.807) is 24.3 Å². The van der Waals surface area contributed by atoms with Crippen molar-refractivity contribution >= 4 is 27.4 Å². The molecule has 1 aromatic carbocycles. The van der Waals surface area contributed by atoms with Crippen molar-refractivity contribution in [2.75, 3.05) is 36.2 Å². The Morgan fingerprint density at radius 1 is 1.29 bits per heavy atom. The molecular weight excluding hydrogens is 418 g/mol. The highest BCUT2D eigenvalue weighted by molar-refractivity contribution is 7.89. The van der Waals surface area contributed by atoms with Gasteiger partial charge < -0.3 is 20.3 Å². The number of ether oxygens (including phenoxy) is 1. The standard InChI is InChI=1S/C21H29N5O4S/c1-14(2)22-21(27)24-17-7-5-6-16(10-17)20-23-18(13-31(4,28)29)11-19(25-20)26-8-9-30-12-15(26)3/h5-7,10-11,14-15H,8-9,12-13H2,1-4H3,(H2,22,24,27)/t15-/m0/s1. The number of nitrogens with one attached hydrogen (secondary N) is 2. The summed E-state index contributed by atoms with van der Waals surface area (Å²) in [6.07, 6.45) is 1.18. The third-order valence-corrected chi connectivity index (χ3v) is 5.46. The van der Waals surface area contributed by atoms with E-state index >= 15 is 0 Å². The fraction of sp³-hybridized carbons (Fsp3) is 0.476. The van der Waals surface area contributed by atoms with Crippen molar-refractivity contribution in [3.05, 3.63) is 36.0 Å². The molecule has 3 rings (SSSR count). The zero-order valence-corrected chi connectivity index (χ0v) is 19.1. The first-order valence-electron chi connectivity index (χ1n) is 10.2. The Morgan fingerprint density at radius 3 is 2.74 bits per heavy atom. The van der Waals surface area contributed by atoms with E-state index in [4.69, 9.17) is 9.72 Å². The Bertz CT molecular complexity index is 1040. The van der Waals surface area contributed by atoms with Crippen LogP contribution >= 0.6 is 0 Å². The Labute approximate surface area is 183 Å². The number of hydrogen-bond donors (Lipinski definition) is 2. The minimum absolute atomic E-state index is 0.0114. The van der Waals surface area contributed by atoms with E-state index in [1.807, 2.05) is 26.8 Å². The number of rotatable bonds is 6. The molecule has 1 saturated heterocycles. The third kappa shape index (κ3) is 6.63. The maximum atomic E-state index is 12.0. The van der Waals surface area contributed by atoms with Crippen molar-refractivity contribution in [2.45, 2.75) is 38.6 Å². The quantitative estimate of drug-likeness (QED) is 0.699. The molecule has 31 heavy (non-hydrogen) atoms. The number of hydrogen-bond acceptors (Lipinski definition) is 7. The number of aromatic nitrogens is 2. The van der Waals surface area contributed by atoms with Gasteiger partial charge >= 0.3 is 6.03 Å². The van der Waals surface area contributed by atoms with Crippen LogP contribution in [-0.4, -0.2) is 62.5 Å². The van der Waals surface area contributed by atoms with Crippen molar-refractivity contribution in [3.8, 4) is 11.4 Å². The van der Waals surface area contributed by atoms with Gasteiger partial charge in [-0.05, 0) is 32.9 Å². The molecule has 0 spiro atoms. The van der Waals surface area contributed by atoms with E-state index in [1.165, 1.54) is 6.26 Å². The fourth-order valence-electron chi connectivity index (χ4n) is 3.33. The smallest absolute Gasteiger partial charge is 0.319 e. The number of anilines is 2. The molecule has 168 valence electrons.